The molecule has 6 heteroatoms. The average molecular weight is 314 g/mol. The van der Waals surface area contributed by atoms with E-state index in [9.17, 15) is 0 Å². The average Bonchev–Trinajstić information content (AvgIpc) is 2.92. The molecule has 0 saturated carbocycles. The Morgan fingerprint density at radius 3 is 2.78 bits per heavy atom. The zero-order valence-corrected chi connectivity index (χ0v) is 13.7. The molecule has 0 amide bonds. The molecule has 4 heterocycles. The highest BCUT2D eigenvalue weighted by molar-refractivity contribution is 5.86. The maximum atomic E-state index is 4.54. The maximum Gasteiger partial charge on any atom is 0.160 e. The van der Waals surface area contributed by atoms with Gasteiger partial charge in [0.05, 0.1) is 11.6 Å². The van der Waals surface area contributed by atoms with Crippen molar-refractivity contribution in [2.24, 2.45) is 5.92 Å². The van der Waals surface area contributed by atoms with Gasteiger partial charge in [0.15, 0.2) is 5.65 Å². The lowest BCUT2D eigenvalue weighted by molar-refractivity contribution is 0.222. The van der Waals surface area contributed by atoms with Gasteiger partial charge in [-0.15, -0.1) is 0 Å². The summed E-state index contributed by atoms with van der Waals surface area (Å²) in [5, 5.41) is 8.11. The number of H-pyrrole nitrogens is 1. The van der Waals surface area contributed by atoms with Crippen molar-refractivity contribution < 1.29 is 0 Å². The van der Waals surface area contributed by atoms with Gasteiger partial charge in [-0.25, -0.2) is 9.97 Å². The van der Waals surface area contributed by atoms with Gasteiger partial charge in [-0.05, 0) is 44.7 Å². The molecule has 4 rings (SSSR count). The molecule has 2 fully saturated rings. The number of nitrogens with zero attached hydrogens (tertiary/aromatic N) is 5. The third-order valence-corrected chi connectivity index (χ3v) is 5.26. The van der Waals surface area contributed by atoms with Gasteiger partial charge in [0.2, 0.25) is 0 Å². The Morgan fingerprint density at radius 2 is 1.91 bits per heavy atom. The standard InChI is InChI=1S/C17H26N6/c1-2-4-8-22(7-3-1)11-14-6-5-9-23(12-14)17-15-10-20-21-16(15)18-13-19-17/h10,13-14H,1-9,11-12H2,(H,18,19,20,21)/t14-/m1/s1. The van der Waals surface area contributed by atoms with E-state index in [2.05, 4.69) is 30.0 Å². The van der Waals surface area contributed by atoms with E-state index in [1.165, 1.54) is 58.2 Å². The Bertz CT molecular complexity index is 631. The lowest BCUT2D eigenvalue weighted by atomic mass is 9.97. The van der Waals surface area contributed by atoms with Crippen LogP contribution < -0.4 is 4.90 Å². The Kier molecular flexibility index (Phi) is 4.41. The molecule has 2 saturated heterocycles. The van der Waals surface area contributed by atoms with Crippen LogP contribution >= 0.6 is 0 Å². The van der Waals surface area contributed by atoms with E-state index in [4.69, 9.17) is 0 Å². The first-order valence-corrected chi connectivity index (χ1v) is 9.01. The van der Waals surface area contributed by atoms with Crippen molar-refractivity contribution in [3.63, 3.8) is 0 Å². The van der Waals surface area contributed by atoms with Crippen molar-refractivity contribution in [1.82, 2.24) is 25.1 Å². The number of likely N-dealkylation sites (tertiary alicyclic amines) is 1. The second-order valence-electron chi connectivity index (χ2n) is 7.00. The zero-order valence-electron chi connectivity index (χ0n) is 13.7. The fourth-order valence-electron chi connectivity index (χ4n) is 4.09. The highest BCUT2D eigenvalue weighted by Crippen LogP contribution is 2.27. The molecule has 1 atom stereocenters. The van der Waals surface area contributed by atoms with Gasteiger partial charge in [0.25, 0.3) is 0 Å². The van der Waals surface area contributed by atoms with Crippen LogP contribution in [0.1, 0.15) is 38.5 Å². The summed E-state index contributed by atoms with van der Waals surface area (Å²) in [7, 11) is 0. The molecule has 1 N–H and O–H groups in total. The van der Waals surface area contributed by atoms with Crippen LogP contribution in [-0.4, -0.2) is 57.8 Å². The quantitative estimate of drug-likeness (QED) is 0.943. The third-order valence-electron chi connectivity index (χ3n) is 5.26. The molecule has 2 aromatic heterocycles. The minimum atomic E-state index is 0.749. The van der Waals surface area contributed by atoms with E-state index in [-0.39, 0.29) is 0 Å². The first kappa shape index (κ1) is 14.9. The summed E-state index contributed by atoms with van der Waals surface area (Å²) in [6.45, 7) is 6.02. The van der Waals surface area contributed by atoms with Crippen molar-refractivity contribution in [1.29, 1.82) is 0 Å². The van der Waals surface area contributed by atoms with Gasteiger partial charge in [-0.3, -0.25) is 5.10 Å². The van der Waals surface area contributed by atoms with Gasteiger partial charge >= 0.3 is 0 Å². The summed E-state index contributed by atoms with van der Waals surface area (Å²) in [5.74, 6) is 1.79. The largest absolute Gasteiger partial charge is 0.356 e. The van der Waals surface area contributed by atoms with Crippen LogP contribution in [0.3, 0.4) is 0 Å². The summed E-state index contributed by atoms with van der Waals surface area (Å²) in [6.07, 6.45) is 11.7. The van der Waals surface area contributed by atoms with Crippen molar-refractivity contribution in [2.45, 2.75) is 38.5 Å². The van der Waals surface area contributed by atoms with E-state index in [1.807, 2.05) is 6.20 Å². The van der Waals surface area contributed by atoms with Gasteiger partial charge in [-0.2, -0.15) is 5.10 Å². The number of anilines is 1. The predicted molar refractivity (Wildman–Crippen MR) is 91.5 cm³/mol. The highest BCUT2D eigenvalue weighted by atomic mass is 15.2. The van der Waals surface area contributed by atoms with Crippen LogP contribution in [0.2, 0.25) is 0 Å². The van der Waals surface area contributed by atoms with Crippen LogP contribution in [0.4, 0.5) is 5.82 Å². The van der Waals surface area contributed by atoms with Crippen molar-refractivity contribution in [2.75, 3.05) is 37.6 Å². The first-order chi connectivity index (χ1) is 11.4. The lowest BCUT2D eigenvalue weighted by Crippen LogP contribution is -2.41. The Balaban J connectivity index is 1.45. The van der Waals surface area contributed by atoms with Gasteiger partial charge < -0.3 is 9.80 Å². The predicted octanol–water partition coefficient (Wildman–Crippen LogP) is 2.45. The number of nitrogens with one attached hydrogen (secondary N) is 1. The minimum absolute atomic E-state index is 0.749. The summed E-state index contributed by atoms with van der Waals surface area (Å²) in [5.41, 5.74) is 0.838. The molecule has 0 spiro atoms. The van der Waals surface area contributed by atoms with Crippen LogP contribution in [0.5, 0.6) is 0 Å². The smallest absolute Gasteiger partial charge is 0.160 e. The fourth-order valence-corrected chi connectivity index (χ4v) is 4.09. The van der Waals surface area contributed by atoms with Crippen LogP contribution in [-0.2, 0) is 0 Å². The number of piperidine rings is 1. The molecule has 6 nitrogen and oxygen atoms in total. The zero-order chi connectivity index (χ0) is 15.5. The van der Waals surface area contributed by atoms with E-state index < -0.39 is 0 Å². The van der Waals surface area contributed by atoms with Crippen molar-refractivity contribution >= 4 is 16.9 Å². The summed E-state index contributed by atoms with van der Waals surface area (Å²) < 4.78 is 0. The number of hydrogen-bond acceptors (Lipinski definition) is 5. The molecule has 124 valence electrons. The normalized spacial score (nSPS) is 24.0. The number of fused-ring (bicyclic) bond motifs is 1. The Labute approximate surface area is 137 Å². The number of aromatic amines is 1. The molecular formula is C17H26N6. The monoisotopic (exact) mass is 314 g/mol. The van der Waals surface area contributed by atoms with Crippen molar-refractivity contribution in [3.05, 3.63) is 12.5 Å². The molecule has 2 aliphatic rings. The number of hydrogen-bond donors (Lipinski definition) is 1. The molecule has 2 aliphatic heterocycles. The van der Waals surface area contributed by atoms with E-state index in [0.717, 1.165) is 35.9 Å². The molecule has 0 bridgehead atoms. The lowest BCUT2D eigenvalue weighted by Gasteiger charge is -2.36. The van der Waals surface area contributed by atoms with E-state index in [1.54, 1.807) is 6.33 Å². The molecule has 0 aliphatic carbocycles. The van der Waals surface area contributed by atoms with Crippen LogP contribution in [0, 0.1) is 5.92 Å². The minimum Gasteiger partial charge on any atom is -0.356 e. The maximum absolute atomic E-state index is 4.54. The van der Waals surface area contributed by atoms with Gasteiger partial charge in [0, 0.05) is 19.6 Å². The Hall–Kier alpha value is -1.69. The molecule has 2 aromatic rings. The number of aromatic nitrogens is 4. The molecule has 0 unspecified atom stereocenters. The van der Waals surface area contributed by atoms with Crippen LogP contribution in [0.25, 0.3) is 11.0 Å². The molecule has 0 aromatic carbocycles. The summed E-state index contributed by atoms with van der Waals surface area (Å²) in [4.78, 5) is 13.9. The van der Waals surface area contributed by atoms with E-state index >= 15 is 0 Å². The second-order valence-corrected chi connectivity index (χ2v) is 7.00. The Morgan fingerprint density at radius 1 is 1.04 bits per heavy atom. The van der Waals surface area contributed by atoms with Gasteiger partial charge in [0.1, 0.15) is 12.1 Å². The SMILES string of the molecule is c1nc(N2CCC[C@H](CN3CCCCCC3)C2)c2cn[nH]c2n1. The summed E-state index contributed by atoms with van der Waals surface area (Å²) >= 11 is 0. The van der Waals surface area contributed by atoms with Gasteiger partial charge in [-0.1, -0.05) is 12.8 Å². The van der Waals surface area contributed by atoms with Crippen LogP contribution in [0.15, 0.2) is 12.5 Å². The molecule has 0 radical (unpaired) electrons. The molecule has 23 heavy (non-hydrogen) atoms. The number of rotatable bonds is 3. The topological polar surface area (TPSA) is 60.9 Å². The highest BCUT2D eigenvalue weighted by Gasteiger charge is 2.24. The van der Waals surface area contributed by atoms with E-state index in [0.29, 0.717) is 0 Å². The third kappa shape index (κ3) is 3.32. The first-order valence-electron chi connectivity index (χ1n) is 9.01. The second kappa shape index (κ2) is 6.83. The van der Waals surface area contributed by atoms with Crippen molar-refractivity contribution in [3.8, 4) is 0 Å². The molecular weight excluding hydrogens is 288 g/mol. The summed E-state index contributed by atoms with van der Waals surface area (Å²) in [6, 6.07) is 0. The fraction of sp³-hybridized carbons (Fsp3) is 0.706.